The molecule has 0 fully saturated rings. The predicted octanol–water partition coefficient (Wildman–Crippen LogP) is 10.4. The van der Waals surface area contributed by atoms with E-state index in [1.807, 2.05) is 0 Å². The fourth-order valence-electron chi connectivity index (χ4n) is 6.06. The van der Waals surface area contributed by atoms with Crippen molar-refractivity contribution in [2.75, 3.05) is 0 Å². The van der Waals surface area contributed by atoms with Crippen molar-refractivity contribution in [1.29, 1.82) is 0 Å². The zero-order chi connectivity index (χ0) is 24.3. The second-order valence-electron chi connectivity index (χ2n) is 9.68. The topological polar surface area (TPSA) is 13.1 Å². The minimum Gasteiger partial charge on any atom is -0.456 e. The monoisotopic (exact) mass is 470 g/mol. The van der Waals surface area contributed by atoms with Crippen LogP contribution in [0.2, 0.25) is 0 Å². The van der Waals surface area contributed by atoms with Crippen LogP contribution in [0.1, 0.15) is 0 Å². The molecule has 0 saturated carbocycles. The Morgan fingerprint density at radius 3 is 1.59 bits per heavy atom. The highest BCUT2D eigenvalue weighted by molar-refractivity contribution is 6.23. The van der Waals surface area contributed by atoms with Crippen molar-refractivity contribution < 1.29 is 4.42 Å². The smallest absolute Gasteiger partial charge is 0.136 e. The van der Waals surface area contributed by atoms with E-state index in [-0.39, 0.29) is 0 Å². The highest BCUT2D eigenvalue weighted by atomic mass is 16.3. The van der Waals surface area contributed by atoms with Crippen LogP contribution in [-0.4, -0.2) is 0 Å². The number of rotatable bonds is 2. The molecule has 0 aliphatic carbocycles. The lowest BCUT2D eigenvalue weighted by molar-refractivity contribution is 0.669. The van der Waals surface area contributed by atoms with Gasteiger partial charge in [-0.25, -0.2) is 0 Å². The van der Waals surface area contributed by atoms with E-state index < -0.39 is 0 Å². The minimum atomic E-state index is 0.921. The molecule has 7 aromatic carbocycles. The Kier molecular flexibility index (Phi) is 4.29. The average molecular weight is 471 g/mol. The number of benzene rings is 7. The molecule has 8 rings (SSSR count). The molecule has 1 heterocycles. The summed E-state index contributed by atoms with van der Waals surface area (Å²) in [6.07, 6.45) is 0. The van der Waals surface area contributed by atoms with Crippen molar-refractivity contribution in [3.63, 3.8) is 0 Å². The first-order valence-electron chi connectivity index (χ1n) is 12.7. The number of hydrogen-bond acceptors (Lipinski definition) is 1. The van der Waals surface area contributed by atoms with E-state index in [0.717, 1.165) is 16.6 Å². The number of fused-ring (bicyclic) bond motifs is 7. The first kappa shape index (κ1) is 20.3. The maximum Gasteiger partial charge on any atom is 0.136 e. The normalized spacial score (nSPS) is 11.8. The molecule has 0 aliphatic heterocycles. The van der Waals surface area contributed by atoms with Crippen LogP contribution in [0.5, 0.6) is 0 Å². The molecule has 0 aliphatic rings. The molecular formula is C36H22O. The highest BCUT2D eigenvalue weighted by Crippen LogP contribution is 2.45. The SMILES string of the molecule is c1ccc(-c2c3ccccc3c(-c3ccc4c(c3)oc3ccc5ccccc5c34)c3ccccc23)cc1. The van der Waals surface area contributed by atoms with Crippen molar-refractivity contribution in [1.82, 2.24) is 0 Å². The number of furan rings is 1. The Balaban J connectivity index is 1.47. The van der Waals surface area contributed by atoms with Gasteiger partial charge in [-0.05, 0) is 72.8 Å². The highest BCUT2D eigenvalue weighted by Gasteiger charge is 2.18. The van der Waals surface area contributed by atoms with Gasteiger partial charge in [0.25, 0.3) is 0 Å². The van der Waals surface area contributed by atoms with Crippen LogP contribution in [-0.2, 0) is 0 Å². The maximum atomic E-state index is 6.44. The fraction of sp³-hybridized carbons (Fsp3) is 0. The molecule has 0 radical (unpaired) electrons. The average Bonchev–Trinajstić information content (AvgIpc) is 3.34. The van der Waals surface area contributed by atoms with E-state index in [1.165, 1.54) is 60.0 Å². The maximum absolute atomic E-state index is 6.44. The Morgan fingerprint density at radius 1 is 0.351 bits per heavy atom. The van der Waals surface area contributed by atoms with Crippen LogP contribution in [0.4, 0.5) is 0 Å². The van der Waals surface area contributed by atoms with Gasteiger partial charge < -0.3 is 4.42 Å². The lowest BCUT2D eigenvalue weighted by atomic mass is 9.86. The molecule has 8 aromatic rings. The van der Waals surface area contributed by atoms with E-state index >= 15 is 0 Å². The van der Waals surface area contributed by atoms with Gasteiger partial charge in [-0.2, -0.15) is 0 Å². The molecule has 0 amide bonds. The summed E-state index contributed by atoms with van der Waals surface area (Å²) in [5, 5.41) is 9.84. The molecule has 0 atom stereocenters. The van der Waals surface area contributed by atoms with E-state index in [9.17, 15) is 0 Å². The summed E-state index contributed by atoms with van der Waals surface area (Å²) in [5.74, 6) is 0. The lowest BCUT2D eigenvalue weighted by Crippen LogP contribution is -1.90. The van der Waals surface area contributed by atoms with Crippen LogP contribution in [0.15, 0.2) is 138 Å². The first-order chi connectivity index (χ1) is 18.4. The fourth-order valence-corrected chi connectivity index (χ4v) is 6.06. The molecule has 1 nitrogen and oxygen atoms in total. The Labute approximate surface area is 214 Å². The quantitative estimate of drug-likeness (QED) is 0.229. The summed E-state index contributed by atoms with van der Waals surface area (Å²) in [6, 6.07) is 47.8. The number of hydrogen-bond donors (Lipinski definition) is 0. The van der Waals surface area contributed by atoms with Crippen LogP contribution in [0.3, 0.4) is 0 Å². The Bertz CT molecular complexity index is 2070. The van der Waals surface area contributed by atoms with Crippen LogP contribution in [0.25, 0.3) is 76.5 Å². The van der Waals surface area contributed by atoms with Gasteiger partial charge in [0.2, 0.25) is 0 Å². The molecule has 172 valence electrons. The van der Waals surface area contributed by atoms with E-state index in [0.29, 0.717) is 0 Å². The summed E-state index contributed by atoms with van der Waals surface area (Å²) in [7, 11) is 0. The molecule has 0 bridgehead atoms. The van der Waals surface area contributed by atoms with Gasteiger partial charge >= 0.3 is 0 Å². The molecule has 1 aromatic heterocycles. The van der Waals surface area contributed by atoms with Gasteiger partial charge in [0, 0.05) is 10.8 Å². The molecular weight excluding hydrogens is 448 g/mol. The third kappa shape index (κ3) is 2.98. The van der Waals surface area contributed by atoms with Crippen LogP contribution in [0, 0.1) is 0 Å². The zero-order valence-electron chi connectivity index (χ0n) is 20.1. The van der Waals surface area contributed by atoms with Gasteiger partial charge in [0.15, 0.2) is 0 Å². The van der Waals surface area contributed by atoms with E-state index in [2.05, 4.69) is 133 Å². The van der Waals surface area contributed by atoms with Gasteiger partial charge in [0.05, 0.1) is 0 Å². The Hall–Kier alpha value is -4.88. The molecule has 0 spiro atoms. The van der Waals surface area contributed by atoms with Gasteiger partial charge in [0.1, 0.15) is 11.2 Å². The second-order valence-corrected chi connectivity index (χ2v) is 9.68. The van der Waals surface area contributed by atoms with Crippen molar-refractivity contribution in [2.24, 2.45) is 0 Å². The van der Waals surface area contributed by atoms with Gasteiger partial charge in [-0.3, -0.25) is 0 Å². The van der Waals surface area contributed by atoms with Gasteiger partial charge in [-0.15, -0.1) is 0 Å². The van der Waals surface area contributed by atoms with Gasteiger partial charge in [-0.1, -0.05) is 115 Å². The minimum absolute atomic E-state index is 0.921. The molecule has 0 saturated heterocycles. The predicted molar refractivity (Wildman–Crippen MR) is 157 cm³/mol. The largest absolute Gasteiger partial charge is 0.456 e. The van der Waals surface area contributed by atoms with E-state index in [1.54, 1.807) is 0 Å². The van der Waals surface area contributed by atoms with Crippen molar-refractivity contribution in [3.05, 3.63) is 133 Å². The van der Waals surface area contributed by atoms with Crippen molar-refractivity contribution >= 4 is 54.3 Å². The molecule has 1 heteroatoms. The van der Waals surface area contributed by atoms with Crippen LogP contribution >= 0.6 is 0 Å². The lowest BCUT2D eigenvalue weighted by Gasteiger charge is -2.17. The standard InChI is InChI=1S/C36H22O/c1-2-11-24(12-3-1)34-27-14-6-8-16-29(27)35(30-17-9-7-15-28(30)34)25-18-20-31-33(22-25)37-32-21-19-23-10-4-5-13-26(23)36(31)32/h1-22H. The summed E-state index contributed by atoms with van der Waals surface area (Å²) in [4.78, 5) is 0. The third-order valence-corrected chi connectivity index (χ3v) is 7.64. The van der Waals surface area contributed by atoms with Crippen molar-refractivity contribution in [3.8, 4) is 22.3 Å². The van der Waals surface area contributed by atoms with E-state index in [4.69, 9.17) is 4.42 Å². The summed E-state index contributed by atoms with van der Waals surface area (Å²) < 4.78 is 6.44. The third-order valence-electron chi connectivity index (χ3n) is 7.64. The second kappa shape index (κ2) is 7.81. The zero-order valence-corrected chi connectivity index (χ0v) is 20.1. The summed E-state index contributed by atoms with van der Waals surface area (Å²) in [6.45, 7) is 0. The summed E-state index contributed by atoms with van der Waals surface area (Å²) in [5.41, 5.74) is 6.79. The van der Waals surface area contributed by atoms with Crippen molar-refractivity contribution in [2.45, 2.75) is 0 Å². The Morgan fingerprint density at radius 2 is 0.919 bits per heavy atom. The molecule has 0 unspecified atom stereocenters. The first-order valence-corrected chi connectivity index (χ1v) is 12.7. The van der Waals surface area contributed by atoms with Crippen LogP contribution < -0.4 is 0 Å². The molecule has 0 N–H and O–H groups in total. The summed E-state index contributed by atoms with van der Waals surface area (Å²) >= 11 is 0. The molecule has 37 heavy (non-hydrogen) atoms.